The van der Waals surface area contributed by atoms with Crippen LogP contribution in [0.1, 0.15) is 23.1 Å². The lowest BCUT2D eigenvalue weighted by atomic mass is 10.1. The van der Waals surface area contributed by atoms with Crippen molar-refractivity contribution in [2.45, 2.75) is 13.0 Å². The summed E-state index contributed by atoms with van der Waals surface area (Å²) < 4.78 is 20.4. The van der Waals surface area contributed by atoms with Crippen molar-refractivity contribution in [1.29, 1.82) is 0 Å². The summed E-state index contributed by atoms with van der Waals surface area (Å²) in [7, 11) is 0. The fourth-order valence-corrected chi connectivity index (χ4v) is 3.14. The molecule has 0 amide bonds. The molecule has 0 aliphatic carbocycles. The van der Waals surface area contributed by atoms with Crippen LogP contribution in [-0.2, 0) is 4.74 Å². The highest BCUT2D eigenvalue weighted by atomic mass is 19.1. The average Bonchev–Trinajstić information content (AvgIpc) is 3.15. The van der Waals surface area contributed by atoms with E-state index in [-0.39, 0.29) is 5.82 Å². The lowest BCUT2D eigenvalue weighted by Gasteiger charge is -2.29. The first kappa shape index (κ1) is 17.6. The maximum Gasteiger partial charge on any atom is 0.155 e. The van der Waals surface area contributed by atoms with Crippen LogP contribution in [-0.4, -0.2) is 46.2 Å². The van der Waals surface area contributed by atoms with Crippen LogP contribution >= 0.6 is 0 Å². The third-order valence-corrected chi connectivity index (χ3v) is 4.62. The van der Waals surface area contributed by atoms with E-state index in [1.54, 1.807) is 16.8 Å². The van der Waals surface area contributed by atoms with Gasteiger partial charge >= 0.3 is 0 Å². The molecule has 1 aliphatic rings. The third kappa shape index (κ3) is 3.84. The minimum atomic E-state index is -0.956. The van der Waals surface area contributed by atoms with Gasteiger partial charge in [-0.3, -0.25) is 0 Å². The van der Waals surface area contributed by atoms with Crippen LogP contribution in [0.4, 0.5) is 10.1 Å². The highest BCUT2D eigenvalue weighted by molar-refractivity contribution is 5.53. The SMILES string of the molecule is Cc1ccn(-c2cc(N3CCOCC3)cc(C(O)c3ccc(F)cc3)n2)n1. The van der Waals surface area contributed by atoms with Crippen molar-refractivity contribution in [2.24, 2.45) is 0 Å². The normalized spacial score (nSPS) is 15.7. The molecule has 1 saturated heterocycles. The van der Waals surface area contributed by atoms with E-state index in [1.165, 1.54) is 12.1 Å². The van der Waals surface area contributed by atoms with E-state index in [0.717, 1.165) is 24.5 Å². The number of hydrogen-bond donors (Lipinski definition) is 1. The standard InChI is InChI=1S/C20H21FN4O2/c1-14-6-7-25(23-14)19-13-17(24-8-10-27-11-9-24)12-18(22-19)20(26)15-2-4-16(21)5-3-15/h2-7,12-13,20,26H,8-11H2,1H3. The Balaban J connectivity index is 1.76. The number of nitrogens with zero attached hydrogens (tertiary/aromatic N) is 4. The quantitative estimate of drug-likeness (QED) is 0.767. The molecule has 140 valence electrons. The van der Waals surface area contributed by atoms with Gasteiger partial charge in [-0.15, -0.1) is 0 Å². The van der Waals surface area contributed by atoms with Gasteiger partial charge in [0.2, 0.25) is 0 Å². The van der Waals surface area contributed by atoms with Gasteiger partial charge in [-0.2, -0.15) is 5.10 Å². The number of rotatable bonds is 4. The molecule has 6 nitrogen and oxygen atoms in total. The van der Waals surface area contributed by atoms with Crippen LogP contribution in [0.3, 0.4) is 0 Å². The number of aliphatic hydroxyl groups excluding tert-OH is 1. The number of pyridine rings is 1. The molecule has 1 aliphatic heterocycles. The lowest BCUT2D eigenvalue weighted by Crippen LogP contribution is -2.36. The molecule has 0 bridgehead atoms. The average molecular weight is 368 g/mol. The third-order valence-electron chi connectivity index (χ3n) is 4.62. The molecule has 1 unspecified atom stereocenters. The molecule has 1 fully saturated rings. The summed E-state index contributed by atoms with van der Waals surface area (Å²) in [5.74, 6) is 0.289. The zero-order chi connectivity index (χ0) is 18.8. The number of anilines is 1. The van der Waals surface area contributed by atoms with Crippen LogP contribution in [0.5, 0.6) is 0 Å². The van der Waals surface area contributed by atoms with Gasteiger partial charge in [0, 0.05) is 31.0 Å². The minimum absolute atomic E-state index is 0.339. The molecule has 1 aromatic carbocycles. The number of morpholine rings is 1. The Kier molecular flexibility index (Phi) is 4.87. The zero-order valence-corrected chi connectivity index (χ0v) is 15.0. The number of halogens is 1. The molecule has 27 heavy (non-hydrogen) atoms. The molecule has 0 radical (unpaired) electrons. The van der Waals surface area contributed by atoms with Crippen molar-refractivity contribution in [3.05, 3.63) is 71.4 Å². The van der Waals surface area contributed by atoms with E-state index < -0.39 is 6.10 Å². The molecule has 0 saturated carbocycles. The van der Waals surface area contributed by atoms with Crippen LogP contribution < -0.4 is 4.90 Å². The highest BCUT2D eigenvalue weighted by Crippen LogP contribution is 2.27. The van der Waals surface area contributed by atoms with Crippen LogP contribution in [0.25, 0.3) is 5.82 Å². The van der Waals surface area contributed by atoms with Gasteiger partial charge in [0.05, 0.1) is 24.6 Å². The summed E-state index contributed by atoms with van der Waals surface area (Å²) in [6, 6.07) is 11.5. The molecule has 3 aromatic rings. The van der Waals surface area contributed by atoms with Crippen LogP contribution in [0.15, 0.2) is 48.7 Å². The number of aryl methyl sites for hydroxylation is 1. The molecular formula is C20H21FN4O2. The Morgan fingerprint density at radius 1 is 1.11 bits per heavy atom. The minimum Gasteiger partial charge on any atom is -0.382 e. The number of benzene rings is 1. The number of aliphatic hydroxyl groups is 1. The van der Waals surface area contributed by atoms with Gasteiger partial charge in [-0.05, 0) is 36.8 Å². The topological polar surface area (TPSA) is 63.4 Å². The van der Waals surface area contributed by atoms with Crippen molar-refractivity contribution in [3.8, 4) is 5.82 Å². The Morgan fingerprint density at radius 3 is 2.52 bits per heavy atom. The van der Waals surface area contributed by atoms with Crippen LogP contribution in [0.2, 0.25) is 0 Å². The van der Waals surface area contributed by atoms with E-state index in [1.807, 2.05) is 31.3 Å². The summed E-state index contributed by atoms with van der Waals surface area (Å²) in [5, 5.41) is 15.3. The maximum absolute atomic E-state index is 13.2. The van der Waals surface area contributed by atoms with Gasteiger partial charge in [-0.25, -0.2) is 14.1 Å². The van der Waals surface area contributed by atoms with Gasteiger partial charge < -0.3 is 14.7 Å². The second-order valence-electron chi connectivity index (χ2n) is 6.56. The summed E-state index contributed by atoms with van der Waals surface area (Å²) in [6.07, 6.45) is 0.886. The van der Waals surface area contributed by atoms with E-state index in [0.29, 0.717) is 30.3 Å². The first-order valence-electron chi connectivity index (χ1n) is 8.91. The van der Waals surface area contributed by atoms with Crippen molar-refractivity contribution < 1.29 is 14.2 Å². The van der Waals surface area contributed by atoms with E-state index in [9.17, 15) is 9.50 Å². The first-order chi connectivity index (χ1) is 13.1. The van der Waals surface area contributed by atoms with Crippen LogP contribution in [0, 0.1) is 12.7 Å². The number of ether oxygens (including phenoxy) is 1. The molecule has 2 aromatic heterocycles. The van der Waals surface area contributed by atoms with Crippen molar-refractivity contribution in [2.75, 3.05) is 31.2 Å². The number of aromatic nitrogens is 3. The Labute approximate surface area is 156 Å². The Bertz CT molecular complexity index is 920. The Morgan fingerprint density at radius 2 is 1.85 bits per heavy atom. The van der Waals surface area contributed by atoms with E-state index in [4.69, 9.17) is 4.74 Å². The van der Waals surface area contributed by atoms with Crippen molar-refractivity contribution in [3.63, 3.8) is 0 Å². The molecule has 7 heteroatoms. The second-order valence-corrected chi connectivity index (χ2v) is 6.56. The van der Waals surface area contributed by atoms with E-state index >= 15 is 0 Å². The van der Waals surface area contributed by atoms with Gasteiger partial charge in [0.25, 0.3) is 0 Å². The predicted molar refractivity (Wildman–Crippen MR) is 99.6 cm³/mol. The fourth-order valence-electron chi connectivity index (χ4n) is 3.14. The Hall–Kier alpha value is -2.77. The van der Waals surface area contributed by atoms with Gasteiger partial charge in [0.15, 0.2) is 5.82 Å². The largest absolute Gasteiger partial charge is 0.382 e. The van der Waals surface area contributed by atoms with Gasteiger partial charge in [0.1, 0.15) is 11.9 Å². The maximum atomic E-state index is 13.2. The second kappa shape index (κ2) is 7.46. The van der Waals surface area contributed by atoms with E-state index in [2.05, 4.69) is 15.0 Å². The summed E-state index contributed by atoms with van der Waals surface area (Å²) >= 11 is 0. The molecule has 0 spiro atoms. The molecule has 4 rings (SSSR count). The first-order valence-corrected chi connectivity index (χ1v) is 8.91. The summed E-state index contributed by atoms with van der Waals surface area (Å²) in [4.78, 5) is 6.81. The predicted octanol–water partition coefficient (Wildman–Crippen LogP) is 2.63. The summed E-state index contributed by atoms with van der Waals surface area (Å²) in [5.41, 5.74) is 2.92. The van der Waals surface area contributed by atoms with Crippen molar-refractivity contribution >= 4 is 5.69 Å². The highest BCUT2D eigenvalue weighted by Gasteiger charge is 2.19. The zero-order valence-electron chi connectivity index (χ0n) is 15.0. The van der Waals surface area contributed by atoms with Gasteiger partial charge in [-0.1, -0.05) is 12.1 Å². The molecule has 3 heterocycles. The summed E-state index contributed by atoms with van der Waals surface area (Å²) in [6.45, 7) is 4.78. The molecule has 1 atom stereocenters. The molecular weight excluding hydrogens is 347 g/mol. The fraction of sp³-hybridized carbons (Fsp3) is 0.300. The monoisotopic (exact) mass is 368 g/mol. The lowest BCUT2D eigenvalue weighted by molar-refractivity contribution is 0.122. The number of hydrogen-bond acceptors (Lipinski definition) is 5. The smallest absolute Gasteiger partial charge is 0.155 e. The van der Waals surface area contributed by atoms with Crippen molar-refractivity contribution in [1.82, 2.24) is 14.8 Å². The molecule has 1 N–H and O–H groups in total.